The minimum Gasteiger partial charge on any atom is -0.447 e. The number of hydrogen-bond acceptors (Lipinski definition) is 5. The largest absolute Gasteiger partial charge is 0.447 e. The SMILES string of the molecule is O=C(NCc1cccc(N2CCOC2=O)c1)c1cccc(NC(=O)C2CCCO2)c1. The van der Waals surface area contributed by atoms with E-state index in [1.807, 2.05) is 24.3 Å². The van der Waals surface area contributed by atoms with Crippen LogP contribution < -0.4 is 15.5 Å². The second kappa shape index (κ2) is 8.96. The Morgan fingerprint density at radius 3 is 2.73 bits per heavy atom. The van der Waals surface area contributed by atoms with Crippen molar-refractivity contribution >= 4 is 29.3 Å². The molecule has 3 amide bonds. The number of carbonyl (C=O) groups is 3. The zero-order valence-corrected chi connectivity index (χ0v) is 16.4. The van der Waals surface area contributed by atoms with Gasteiger partial charge in [0.1, 0.15) is 12.7 Å². The van der Waals surface area contributed by atoms with Crippen LogP contribution in [0.3, 0.4) is 0 Å². The molecule has 8 nitrogen and oxygen atoms in total. The Labute approximate surface area is 174 Å². The molecule has 0 bridgehead atoms. The number of benzene rings is 2. The Morgan fingerprint density at radius 2 is 1.97 bits per heavy atom. The van der Waals surface area contributed by atoms with Crippen LogP contribution in [0.25, 0.3) is 0 Å². The van der Waals surface area contributed by atoms with E-state index in [9.17, 15) is 14.4 Å². The lowest BCUT2D eigenvalue weighted by atomic mass is 10.1. The molecule has 1 unspecified atom stereocenters. The summed E-state index contributed by atoms with van der Waals surface area (Å²) in [6, 6.07) is 14.2. The highest BCUT2D eigenvalue weighted by Crippen LogP contribution is 2.20. The van der Waals surface area contributed by atoms with Gasteiger partial charge in [-0.3, -0.25) is 14.5 Å². The molecule has 2 fully saturated rings. The third-order valence-electron chi connectivity index (χ3n) is 5.05. The average Bonchev–Trinajstić information content (AvgIpc) is 3.44. The molecular formula is C22H23N3O5. The fourth-order valence-corrected chi connectivity index (χ4v) is 3.49. The van der Waals surface area contributed by atoms with Gasteiger partial charge in [-0.1, -0.05) is 18.2 Å². The van der Waals surface area contributed by atoms with Gasteiger partial charge in [0.25, 0.3) is 11.8 Å². The van der Waals surface area contributed by atoms with Gasteiger partial charge in [-0.15, -0.1) is 0 Å². The first kappa shape index (κ1) is 19.9. The molecule has 2 aliphatic rings. The van der Waals surface area contributed by atoms with Crippen molar-refractivity contribution in [3.05, 3.63) is 59.7 Å². The number of ether oxygens (including phenoxy) is 2. The molecule has 2 saturated heterocycles. The standard InChI is InChI=1S/C22H23N3O5/c26-20(16-5-2-6-17(13-16)24-21(27)19-8-3-10-29-19)23-14-15-4-1-7-18(12-15)25-9-11-30-22(25)28/h1-2,4-7,12-13,19H,3,8-11,14H2,(H,23,26)(H,24,27). The van der Waals surface area contributed by atoms with Crippen molar-refractivity contribution < 1.29 is 23.9 Å². The molecule has 156 valence electrons. The molecule has 30 heavy (non-hydrogen) atoms. The van der Waals surface area contributed by atoms with E-state index in [4.69, 9.17) is 9.47 Å². The topological polar surface area (TPSA) is 97.0 Å². The van der Waals surface area contributed by atoms with Crippen LogP contribution in [0.2, 0.25) is 0 Å². The van der Waals surface area contributed by atoms with Crippen LogP contribution in [0.15, 0.2) is 48.5 Å². The minimum atomic E-state index is -0.428. The average molecular weight is 409 g/mol. The Hall–Kier alpha value is -3.39. The zero-order valence-electron chi connectivity index (χ0n) is 16.4. The summed E-state index contributed by atoms with van der Waals surface area (Å²) in [6.45, 7) is 1.79. The lowest BCUT2D eigenvalue weighted by molar-refractivity contribution is -0.124. The lowest BCUT2D eigenvalue weighted by Gasteiger charge is -2.14. The van der Waals surface area contributed by atoms with Crippen LogP contribution in [0.5, 0.6) is 0 Å². The molecule has 2 N–H and O–H groups in total. The first-order valence-corrected chi connectivity index (χ1v) is 9.94. The summed E-state index contributed by atoms with van der Waals surface area (Å²) in [5.74, 6) is -0.448. The molecule has 0 saturated carbocycles. The molecule has 0 aliphatic carbocycles. The second-order valence-corrected chi connectivity index (χ2v) is 7.19. The summed E-state index contributed by atoms with van der Waals surface area (Å²) < 4.78 is 10.3. The molecule has 0 radical (unpaired) electrons. The first-order valence-electron chi connectivity index (χ1n) is 9.94. The third-order valence-corrected chi connectivity index (χ3v) is 5.05. The highest BCUT2D eigenvalue weighted by molar-refractivity contribution is 5.98. The normalized spacial score (nSPS) is 18.2. The molecule has 0 spiro atoms. The van der Waals surface area contributed by atoms with E-state index in [-0.39, 0.29) is 17.9 Å². The smallest absolute Gasteiger partial charge is 0.414 e. The Balaban J connectivity index is 1.36. The predicted molar refractivity (Wildman–Crippen MR) is 110 cm³/mol. The predicted octanol–water partition coefficient (Wildman–Crippen LogP) is 2.69. The molecule has 4 rings (SSSR count). The van der Waals surface area contributed by atoms with Crippen LogP contribution in [0.1, 0.15) is 28.8 Å². The van der Waals surface area contributed by atoms with Crippen LogP contribution >= 0.6 is 0 Å². The van der Waals surface area contributed by atoms with E-state index in [1.54, 1.807) is 29.2 Å². The van der Waals surface area contributed by atoms with Crippen molar-refractivity contribution in [2.75, 3.05) is 30.0 Å². The van der Waals surface area contributed by atoms with Gasteiger partial charge in [0.15, 0.2) is 0 Å². The van der Waals surface area contributed by atoms with E-state index in [0.717, 1.165) is 17.7 Å². The summed E-state index contributed by atoms with van der Waals surface area (Å²) in [5, 5.41) is 5.67. The van der Waals surface area contributed by atoms with Crippen molar-refractivity contribution in [1.29, 1.82) is 0 Å². The summed E-state index contributed by atoms with van der Waals surface area (Å²) in [7, 11) is 0. The van der Waals surface area contributed by atoms with Crippen molar-refractivity contribution in [1.82, 2.24) is 5.32 Å². The summed E-state index contributed by atoms with van der Waals surface area (Å²) in [4.78, 5) is 38.1. The first-order chi connectivity index (χ1) is 14.6. The molecule has 8 heteroatoms. The van der Waals surface area contributed by atoms with E-state index in [1.165, 1.54) is 0 Å². The maximum atomic E-state index is 12.6. The lowest BCUT2D eigenvalue weighted by Crippen LogP contribution is -2.27. The molecular weight excluding hydrogens is 386 g/mol. The fraction of sp³-hybridized carbons (Fsp3) is 0.318. The van der Waals surface area contributed by atoms with Crippen molar-refractivity contribution in [2.24, 2.45) is 0 Å². The van der Waals surface area contributed by atoms with Gasteiger partial charge in [0.2, 0.25) is 0 Å². The van der Waals surface area contributed by atoms with Crippen LogP contribution in [-0.2, 0) is 20.8 Å². The van der Waals surface area contributed by atoms with Crippen LogP contribution in [0.4, 0.5) is 16.2 Å². The van der Waals surface area contributed by atoms with E-state index in [0.29, 0.717) is 44.0 Å². The van der Waals surface area contributed by atoms with Gasteiger partial charge in [-0.25, -0.2) is 4.79 Å². The summed E-state index contributed by atoms with van der Waals surface area (Å²) >= 11 is 0. The van der Waals surface area contributed by atoms with Crippen LogP contribution in [-0.4, -0.2) is 43.8 Å². The molecule has 1 atom stereocenters. The van der Waals surface area contributed by atoms with Gasteiger partial charge in [-0.2, -0.15) is 0 Å². The van der Waals surface area contributed by atoms with Gasteiger partial charge in [0, 0.05) is 30.1 Å². The Bertz CT molecular complexity index is 955. The number of anilines is 2. The number of rotatable bonds is 6. The van der Waals surface area contributed by atoms with Gasteiger partial charge < -0.3 is 20.1 Å². The Morgan fingerprint density at radius 1 is 1.10 bits per heavy atom. The summed E-state index contributed by atoms with van der Waals surface area (Å²) in [5.41, 5.74) is 2.60. The number of nitrogens with one attached hydrogen (secondary N) is 2. The van der Waals surface area contributed by atoms with Gasteiger partial charge in [-0.05, 0) is 48.7 Å². The molecule has 2 aliphatic heterocycles. The number of nitrogens with zero attached hydrogens (tertiary/aromatic N) is 1. The van der Waals surface area contributed by atoms with Crippen LogP contribution in [0, 0.1) is 0 Å². The second-order valence-electron chi connectivity index (χ2n) is 7.19. The number of hydrogen-bond donors (Lipinski definition) is 2. The van der Waals surface area contributed by atoms with E-state index >= 15 is 0 Å². The highest BCUT2D eigenvalue weighted by Gasteiger charge is 2.24. The molecule has 2 aromatic carbocycles. The molecule has 2 heterocycles. The number of amides is 3. The monoisotopic (exact) mass is 409 g/mol. The maximum Gasteiger partial charge on any atom is 0.414 e. The van der Waals surface area contributed by atoms with Gasteiger partial charge in [0.05, 0.1) is 6.54 Å². The zero-order chi connectivity index (χ0) is 20.9. The van der Waals surface area contributed by atoms with E-state index in [2.05, 4.69) is 10.6 Å². The quantitative estimate of drug-likeness (QED) is 0.765. The van der Waals surface area contributed by atoms with Gasteiger partial charge >= 0.3 is 6.09 Å². The third kappa shape index (κ3) is 4.60. The van der Waals surface area contributed by atoms with E-state index < -0.39 is 6.10 Å². The molecule has 2 aromatic rings. The molecule has 0 aromatic heterocycles. The maximum absolute atomic E-state index is 12.6. The Kier molecular flexibility index (Phi) is 5.94. The van der Waals surface area contributed by atoms with Crippen molar-refractivity contribution in [3.8, 4) is 0 Å². The van der Waals surface area contributed by atoms with Crippen molar-refractivity contribution in [2.45, 2.75) is 25.5 Å². The highest BCUT2D eigenvalue weighted by atomic mass is 16.6. The summed E-state index contributed by atoms with van der Waals surface area (Å²) in [6.07, 6.45) is 0.793. The fourth-order valence-electron chi connectivity index (χ4n) is 3.49. The van der Waals surface area contributed by atoms with Crippen molar-refractivity contribution in [3.63, 3.8) is 0 Å². The number of carbonyl (C=O) groups excluding carboxylic acids is 3. The minimum absolute atomic E-state index is 0.192. The number of cyclic esters (lactones) is 1.